The first-order valence-corrected chi connectivity index (χ1v) is 4.04. The van der Waals surface area contributed by atoms with Crippen LogP contribution in [0.5, 0.6) is 0 Å². The zero-order chi connectivity index (χ0) is 8.39. The lowest BCUT2D eigenvalue weighted by atomic mass is 10.5. The van der Waals surface area contributed by atoms with Gasteiger partial charge in [-0.05, 0) is 11.5 Å². The van der Waals surface area contributed by atoms with E-state index in [2.05, 4.69) is 19.7 Å². The van der Waals surface area contributed by atoms with Gasteiger partial charge in [-0.2, -0.15) is 4.98 Å². The average Bonchev–Trinajstić information content (AvgIpc) is 2.75. The quantitative estimate of drug-likeness (QED) is 0.707. The summed E-state index contributed by atoms with van der Waals surface area (Å²) in [6.07, 6.45) is 0. The molecular weight excluding hydrogens is 178 g/mol. The average molecular weight is 183 g/mol. The predicted octanol–water partition coefficient (Wildman–Crippen LogP) is 0.0468. The van der Waals surface area contributed by atoms with Crippen LogP contribution in [0, 0.1) is 0 Å². The van der Waals surface area contributed by atoms with Crippen LogP contribution in [0.25, 0.3) is 11.6 Å². The van der Waals surface area contributed by atoms with Crippen molar-refractivity contribution in [1.29, 1.82) is 0 Å². The second-order valence-corrected chi connectivity index (χ2v) is 2.62. The van der Waals surface area contributed by atoms with Crippen molar-refractivity contribution in [3.05, 3.63) is 11.2 Å². The first-order valence-electron chi connectivity index (χ1n) is 3.20. The van der Waals surface area contributed by atoms with E-state index in [1.54, 1.807) is 5.38 Å². The van der Waals surface area contributed by atoms with E-state index < -0.39 is 0 Å². The molecule has 6 nitrogen and oxygen atoms in total. The van der Waals surface area contributed by atoms with E-state index in [9.17, 15) is 0 Å². The molecule has 2 aromatic rings. The van der Waals surface area contributed by atoms with Crippen molar-refractivity contribution in [1.82, 2.24) is 19.7 Å². The number of rotatable bonds is 2. The Balaban J connectivity index is 2.35. The molecule has 0 bridgehead atoms. The molecule has 0 amide bonds. The number of hydrogen-bond acceptors (Lipinski definition) is 7. The largest absolute Gasteiger partial charge is 0.332 e. The molecule has 0 aromatic carbocycles. The lowest BCUT2D eigenvalue weighted by Crippen LogP contribution is -1.97. The lowest BCUT2D eigenvalue weighted by molar-refractivity contribution is 0.421. The van der Waals surface area contributed by atoms with E-state index in [1.165, 1.54) is 11.5 Å². The second-order valence-electron chi connectivity index (χ2n) is 2.01. The molecule has 0 atom stereocenters. The van der Waals surface area contributed by atoms with Crippen LogP contribution >= 0.6 is 11.5 Å². The third-order valence-electron chi connectivity index (χ3n) is 1.23. The van der Waals surface area contributed by atoms with Gasteiger partial charge in [0.15, 0.2) is 11.5 Å². The fourth-order valence-corrected chi connectivity index (χ4v) is 1.13. The lowest BCUT2D eigenvalue weighted by Gasteiger charge is -1.79. The molecule has 2 rings (SSSR count). The molecule has 0 saturated heterocycles. The normalized spacial score (nSPS) is 10.4. The first-order chi connectivity index (χ1) is 5.90. The van der Waals surface area contributed by atoms with Crippen LogP contribution in [-0.2, 0) is 6.54 Å². The summed E-state index contributed by atoms with van der Waals surface area (Å²) in [7, 11) is 0. The smallest absolute Gasteiger partial charge is 0.279 e. The first kappa shape index (κ1) is 7.32. The van der Waals surface area contributed by atoms with Crippen molar-refractivity contribution in [3.8, 4) is 11.6 Å². The maximum atomic E-state index is 5.30. The van der Waals surface area contributed by atoms with Crippen molar-refractivity contribution >= 4 is 11.5 Å². The standard InChI is InChI=1S/C5H5N5OS/c6-1-4-7-5(11-9-4)3-2-12-10-8-3/h2H,1,6H2. The van der Waals surface area contributed by atoms with Crippen LogP contribution in [0.1, 0.15) is 5.82 Å². The number of hydrogen-bond donors (Lipinski definition) is 1. The van der Waals surface area contributed by atoms with Crippen LogP contribution < -0.4 is 5.73 Å². The number of nitrogens with zero attached hydrogens (tertiary/aromatic N) is 4. The Morgan fingerprint density at radius 2 is 2.50 bits per heavy atom. The van der Waals surface area contributed by atoms with Gasteiger partial charge >= 0.3 is 0 Å². The second kappa shape index (κ2) is 2.95. The Hall–Kier alpha value is -1.34. The Kier molecular flexibility index (Phi) is 1.80. The summed E-state index contributed by atoms with van der Waals surface area (Å²) in [4.78, 5) is 3.97. The molecule has 2 N–H and O–H groups in total. The van der Waals surface area contributed by atoms with Crippen molar-refractivity contribution in [2.75, 3.05) is 0 Å². The molecule has 62 valence electrons. The van der Waals surface area contributed by atoms with Gasteiger partial charge in [0.25, 0.3) is 5.89 Å². The Bertz CT molecular complexity index is 356. The summed E-state index contributed by atoms with van der Waals surface area (Å²) in [5, 5.41) is 9.11. The third kappa shape index (κ3) is 1.19. The van der Waals surface area contributed by atoms with Gasteiger partial charge in [0.05, 0.1) is 6.54 Å². The van der Waals surface area contributed by atoms with E-state index in [1.807, 2.05) is 0 Å². The fourth-order valence-electron chi connectivity index (χ4n) is 0.699. The van der Waals surface area contributed by atoms with Crippen LogP contribution in [0.15, 0.2) is 9.90 Å². The maximum Gasteiger partial charge on any atom is 0.279 e. The SMILES string of the molecule is NCc1noc(-c2csnn2)n1. The summed E-state index contributed by atoms with van der Waals surface area (Å²) < 4.78 is 8.53. The van der Waals surface area contributed by atoms with E-state index >= 15 is 0 Å². The molecule has 0 aliphatic heterocycles. The summed E-state index contributed by atoms with van der Waals surface area (Å²) in [6.45, 7) is 0.265. The monoisotopic (exact) mass is 183 g/mol. The van der Waals surface area contributed by atoms with Gasteiger partial charge in [0.2, 0.25) is 0 Å². The minimum Gasteiger partial charge on any atom is -0.332 e. The maximum absolute atomic E-state index is 5.30. The predicted molar refractivity (Wildman–Crippen MR) is 41.1 cm³/mol. The molecule has 2 heterocycles. The topological polar surface area (TPSA) is 90.7 Å². The van der Waals surface area contributed by atoms with E-state index in [0.717, 1.165) is 0 Å². The molecule has 0 radical (unpaired) electrons. The molecular formula is C5H5N5OS. The fraction of sp³-hybridized carbons (Fsp3) is 0.200. The molecule has 2 aromatic heterocycles. The van der Waals surface area contributed by atoms with E-state index in [-0.39, 0.29) is 6.54 Å². The Morgan fingerprint density at radius 1 is 1.58 bits per heavy atom. The minimum atomic E-state index is 0.265. The summed E-state index contributed by atoms with van der Waals surface area (Å²) in [5.74, 6) is 0.835. The minimum absolute atomic E-state index is 0.265. The molecule has 0 aliphatic rings. The van der Waals surface area contributed by atoms with Crippen molar-refractivity contribution in [2.24, 2.45) is 5.73 Å². The van der Waals surface area contributed by atoms with Crippen LogP contribution in [0.4, 0.5) is 0 Å². The van der Waals surface area contributed by atoms with Gasteiger partial charge in [0, 0.05) is 5.38 Å². The molecule has 0 spiro atoms. The van der Waals surface area contributed by atoms with Gasteiger partial charge < -0.3 is 10.3 Å². The van der Waals surface area contributed by atoms with Crippen LogP contribution in [-0.4, -0.2) is 19.7 Å². The summed E-state index contributed by atoms with van der Waals surface area (Å²) >= 11 is 1.23. The zero-order valence-corrected chi connectivity index (χ0v) is 6.78. The Morgan fingerprint density at radius 3 is 3.08 bits per heavy atom. The van der Waals surface area contributed by atoms with E-state index in [4.69, 9.17) is 10.3 Å². The van der Waals surface area contributed by atoms with Crippen molar-refractivity contribution < 1.29 is 4.52 Å². The summed E-state index contributed by atoms with van der Waals surface area (Å²) in [6, 6.07) is 0. The van der Waals surface area contributed by atoms with Gasteiger partial charge in [-0.25, -0.2) is 0 Å². The van der Waals surface area contributed by atoms with E-state index in [0.29, 0.717) is 17.4 Å². The van der Waals surface area contributed by atoms with Gasteiger partial charge in [-0.15, -0.1) is 5.10 Å². The van der Waals surface area contributed by atoms with Gasteiger partial charge in [-0.3, -0.25) is 0 Å². The molecule has 0 fully saturated rings. The molecule has 7 heteroatoms. The number of aromatic nitrogens is 4. The number of nitrogens with two attached hydrogens (primary N) is 1. The zero-order valence-electron chi connectivity index (χ0n) is 5.97. The van der Waals surface area contributed by atoms with Crippen molar-refractivity contribution in [2.45, 2.75) is 6.54 Å². The summed E-state index contributed by atoms with van der Waals surface area (Å²) in [5.41, 5.74) is 5.89. The highest BCUT2D eigenvalue weighted by Gasteiger charge is 2.09. The van der Waals surface area contributed by atoms with Gasteiger partial charge in [0.1, 0.15) is 0 Å². The molecule has 0 unspecified atom stereocenters. The highest BCUT2D eigenvalue weighted by Crippen LogP contribution is 2.14. The van der Waals surface area contributed by atoms with Crippen molar-refractivity contribution in [3.63, 3.8) is 0 Å². The molecule has 12 heavy (non-hydrogen) atoms. The van der Waals surface area contributed by atoms with Crippen LogP contribution in [0.3, 0.4) is 0 Å². The molecule has 0 aliphatic carbocycles. The Labute approximate surface area is 71.6 Å². The highest BCUT2D eigenvalue weighted by atomic mass is 32.1. The highest BCUT2D eigenvalue weighted by molar-refractivity contribution is 7.03. The third-order valence-corrected chi connectivity index (χ3v) is 1.73. The van der Waals surface area contributed by atoms with Crippen LogP contribution in [0.2, 0.25) is 0 Å². The molecule has 0 saturated carbocycles. The van der Waals surface area contributed by atoms with Gasteiger partial charge in [-0.1, -0.05) is 9.64 Å².